The normalized spacial score (nSPS) is 10.7. The van der Waals surface area contributed by atoms with Gasteiger partial charge in [0, 0.05) is 5.69 Å². The van der Waals surface area contributed by atoms with Gasteiger partial charge >= 0.3 is 0 Å². The molecule has 0 amide bonds. The molecular weight excluding hydrogens is 281 g/mol. The van der Waals surface area contributed by atoms with Crippen molar-refractivity contribution in [2.24, 2.45) is 0 Å². The Balaban J connectivity index is 2.02. The Morgan fingerprint density at radius 1 is 1.20 bits per heavy atom. The number of hydrogen-bond acceptors (Lipinski definition) is 3. The van der Waals surface area contributed by atoms with Gasteiger partial charge in [0.15, 0.2) is 0 Å². The maximum absolute atomic E-state index is 13.1. The van der Waals surface area contributed by atoms with Crippen LogP contribution in [-0.2, 0) is 0 Å². The van der Waals surface area contributed by atoms with Gasteiger partial charge in [-0.2, -0.15) is 0 Å². The number of para-hydroxylation sites is 1. The summed E-state index contributed by atoms with van der Waals surface area (Å²) in [4.78, 5) is 18.8. The minimum absolute atomic E-state index is 0.00173. The molecule has 100 valence electrons. The molecule has 6 heteroatoms. The van der Waals surface area contributed by atoms with Crippen molar-refractivity contribution in [3.63, 3.8) is 0 Å². The summed E-state index contributed by atoms with van der Waals surface area (Å²) in [5, 5.41) is 3.39. The summed E-state index contributed by atoms with van der Waals surface area (Å²) in [6.07, 6.45) is 0. The minimum atomic E-state index is -0.503. The van der Waals surface area contributed by atoms with Crippen molar-refractivity contribution in [3.8, 4) is 0 Å². The van der Waals surface area contributed by atoms with Gasteiger partial charge in [-0.25, -0.2) is 9.37 Å². The molecule has 0 bridgehead atoms. The Labute approximate surface area is 118 Å². The Hall–Kier alpha value is -2.40. The lowest BCUT2D eigenvalue weighted by atomic mass is 10.2. The van der Waals surface area contributed by atoms with Gasteiger partial charge in [0.2, 0.25) is 5.95 Å². The minimum Gasteiger partial charge on any atom is -0.326 e. The second-order valence-electron chi connectivity index (χ2n) is 4.19. The Morgan fingerprint density at radius 3 is 2.80 bits per heavy atom. The maximum atomic E-state index is 13.1. The number of H-pyrrole nitrogens is 1. The molecule has 0 aliphatic carbocycles. The monoisotopic (exact) mass is 289 g/mol. The summed E-state index contributed by atoms with van der Waals surface area (Å²) in [7, 11) is 0. The first-order valence-electron chi connectivity index (χ1n) is 5.84. The van der Waals surface area contributed by atoms with E-state index in [-0.39, 0.29) is 16.5 Å². The second-order valence-corrected chi connectivity index (χ2v) is 4.59. The maximum Gasteiger partial charge on any atom is 0.260 e. The number of fused-ring (bicyclic) bond motifs is 1. The van der Waals surface area contributed by atoms with Crippen LogP contribution in [0.25, 0.3) is 10.9 Å². The SMILES string of the molecule is O=c1[nH]c(Nc2ccc(F)c(Cl)c2)nc2ccccc12. The molecule has 2 aromatic carbocycles. The van der Waals surface area contributed by atoms with Crippen molar-refractivity contribution in [2.45, 2.75) is 0 Å². The zero-order chi connectivity index (χ0) is 14.1. The number of anilines is 2. The summed E-state index contributed by atoms with van der Waals surface area (Å²) in [5.41, 5.74) is 0.869. The Bertz CT molecular complexity index is 847. The van der Waals surface area contributed by atoms with Crippen molar-refractivity contribution in [2.75, 3.05) is 5.32 Å². The van der Waals surface area contributed by atoms with Gasteiger partial charge in [0.25, 0.3) is 5.56 Å². The molecule has 0 aliphatic rings. The van der Waals surface area contributed by atoms with E-state index in [9.17, 15) is 9.18 Å². The fourth-order valence-corrected chi connectivity index (χ4v) is 2.04. The fraction of sp³-hybridized carbons (Fsp3) is 0. The van der Waals surface area contributed by atoms with Crippen LogP contribution < -0.4 is 10.9 Å². The van der Waals surface area contributed by atoms with Gasteiger partial charge in [0.05, 0.1) is 15.9 Å². The number of halogens is 2. The third-order valence-corrected chi connectivity index (χ3v) is 3.08. The number of aromatic amines is 1. The van der Waals surface area contributed by atoms with Gasteiger partial charge < -0.3 is 5.32 Å². The first-order chi connectivity index (χ1) is 9.63. The molecule has 0 fully saturated rings. The molecule has 0 unspecified atom stereocenters. The van der Waals surface area contributed by atoms with Crippen molar-refractivity contribution < 1.29 is 4.39 Å². The van der Waals surface area contributed by atoms with Crippen LogP contribution in [-0.4, -0.2) is 9.97 Å². The van der Waals surface area contributed by atoms with Crippen molar-refractivity contribution >= 4 is 34.1 Å². The van der Waals surface area contributed by atoms with Crippen molar-refractivity contribution in [3.05, 3.63) is 63.7 Å². The molecule has 4 nitrogen and oxygen atoms in total. The number of aromatic nitrogens is 2. The Morgan fingerprint density at radius 2 is 2.00 bits per heavy atom. The van der Waals surface area contributed by atoms with E-state index in [1.165, 1.54) is 18.2 Å². The van der Waals surface area contributed by atoms with E-state index in [0.717, 1.165) is 0 Å². The van der Waals surface area contributed by atoms with Gasteiger partial charge in [0.1, 0.15) is 5.82 Å². The molecule has 3 rings (SSSR count). The van der Waals surface area contributed by atoms with Gasteiger partial charge in [-0.05, 0) is 30.3 Å². The van der Waals surface area contributed by atoms with E-state index in [2.05, 4.69) is 15.3 Å². The van der Waals surface area contributed by atoms with E-state index in [4.69, 9.17) is 11.6 Å². The molecule has 20 heavy (non-hydrogen) atoms. The smallest absolute Gasteiger partial charge is 0.260 e. The summed E-state index contributed by atoms with van der Waals surface area (Å²) in [6.45, 7) is 0. The second kappa shape index (κ2) is 4.94. The molecule has 2 N–H and O–H groups in total. The van der Waals surface area contributed by atoms with E-state index in [0.29, 0.717) is 16.6 Å². The Kier molecular flexibility index (Phi) is 3.12. The number of hydrogen-bond donors (Lipinski definition) is 2. The predicted octanol–water partition coefficient (Wildman–Crippen LogP) is 3.46. The molecule has 0 aliphatic heterocycles. The predicted molar refractivity (Wildman–Crippen MR) is 77.1 cm³/mol. The summed E-state index contributed by atoms with van der Waals surface area (Å²) in [6, 6.07) is 11.2. The van der Waals surface area contributed by atoms with Crippen LogP contribution in [0.15, 0.2) is 47.3 Å². The van der Waals surface area contributed by atoms with E-state index < -0.39 is 5.82 Å². The largest absolute Gasteiger partial charge is 0.326 e. The van der Waals surface area contributed by atoms with Gasteiger partial charge in [-0.3, -0.25) is 9.78 Å². The topological polar surface area (TPSA) is 57.8 Å². The molecule has 3 aromatic rings. The average molecular weight is 290 g/mol. The lowest BCUT2D eigenvalue weighted by Crippen LogP contribution is -2.11. The van der Waals surface area contributed by atoms with Crippen molar-refractivity contribution in [1.29, 1.82) is 0 Å². The highest BCUT2D eigenvalue weighted by atomic mass is 35.5. The summed E-state index contributed by atoms with van der Waals surface area (Å²) < 4.78 is 13.1. The quantitative estimate of drug-likeness (QED) is 0.759. The fourth-order valence-electron chi connectivity index (χ4n) is 1.86. The summed E-state index contributed by atoms with van der Waals surface area (Å²) in [5.74, 6) is -0.228. The molecule has 0 saturated carbocycles. The molecule has 1 heterocycles. The number of rotatable bonds is 2. The van der Waals surface area contributed by atoms with Gasteiger partial charge in [-0.1, -0.05) is 23.7 Å². The highest BCUT2D eigenvalue weighted by Crippen LogP contribution is 2.21. The van der Waals surface area contributed by atoms with E-state index in [1.807, 2.05) is 0 Å². The van der Waals surface area contributed by atoms with E-state index in [1.54, 1.807) is 24.3 Å². The molecular formula is C14H9ClFN3O. The first-order valence-corrected chi connectivity index (χ1v) is 6.22. The van der Waals surface area contributed by atoms with Crippen LogP contribution in [0.2, 0.25) is 5.02 Å². The van der Waals surface area contributed by atoms with Crippen LogP contribution in [0.1, 0.15) is 0 Å². The lowest BCUT2D eigenvalue weighted by molar-refractivity contribution is 0.628. The number of benzene rings is 2. The van der Waals surface area contributed by atoms with Gasteiger partial charge in [-0.15, -0.1) is 0 Å². The standard InChI is InChI=1S/C14H9ClFN3O/c15-10-7-8(5-6-11(10)16)17-14-18-12-4-2-1-3-9(12)13(20)19-14/h1-7H,(H2,17,18,19,20). The van der Waals surface area contributed by atoms with Crippen LogP contribution in [0.4, 0.5) is 16.0 Å². The third-order valence-electron chi connectivity index (χ3n) is 2.80. The van der Waals surface area contributed by atoms with Crippen LogP contribution in [0.3, 0.4) is 0 Å². The molecule has 0 spiro atoms. The van der Waals surface area contributed by atoms with Crippen LogP contribution in [0, 0.1) is 5.82 Å². The first kappa shape index (κ1) is 12.6. The molecule has 1 aromatic heterocycles. The highest BCUT2D eigenvalue weighted by Gasteiger charge is 2.05. The highest BCUT2D eigenvalue weighted by molar-refractivity contribution is 6.31. The average Bonchev–Trinajstić information content (AvgIpc) is 2.43. The molecule has 0 atom stereocenters. The number of nitrogens with one attached hydrogen (secondary N) is 2. The zero-order valence-corrected chi connectivity index (χ0v) is 10.9. The van der Waals surface area contributed by atoms with E-state index >= 15 is 0 Å². The summed E-state index contributed by atoms with van der Waals surface area (Å²) >= 11 is 5.70. The molecule has 0 radical (unpaired) electrons. The molecule has 0 saturated heterocycles. The van der Waals surface area contributed by atoms with Crippen molar-refractivity contribution in [1.82, 2.24) is 9.97 Å². The zero-order valence-electron chi connectivity index (χ0n) is 10.2. The number of nitrogens with zero attached hydrogens (tertiary/aromatic N) is 1. The van der Waals surface area contributed by atoms with Crippen LogP contribution >= 0.6 is 11.6 Å². The van der Waals surface area contributed by atoms with Crippen LogP contribution in [0.5, 0.6) is 0 Å². The third kappa shape index (κ3) is 2.35. The lowest BCUT2D eigenvalue weighted by Gasteiger charge is -2.07.